The van der Waals surface area contributed by atoms with E-state index in [4.69, 9.17) is 0 Å². The number of nitrogens with zero attached hydrogens (tertiary/aromatic N) is 1. The van der Waals surface area contributed by atoms with Gasteiger partial charge in [-0.15, -0.1) is 0 Å². The number of amides is 1. The van der Waals surface area contributed by atoms with E-state index >= 15 is 0 Å². The quantitative estimate of drug-likeness (QED) is 0.909. The summed E-state index contributed by atoms with van der Waals surface area (Å²) in [6.07, 6.45) is 5.11. The lowest BCUT2D eigenvalue weighted by molar-refractivity contribution is 0.0949. The van der Waals surface area contributed by atoms with Crippen LogP contribution in [0.25, 0.3) is 0 Å². The molecular weight excluding hydrogens is 274 g/mol. The zero-order valence-electron chi connectivity index (χ0n) is 13.2. The predicted molar refractivity (Wildman–Crippen MR) is 87.1 cm³/mol. The summed E-state index contributed by atoms with van der Waals surface area (Å²) < 4.78 is 0. The van der Waals surface area contributed by atoms with Crippen molar-refractivity contribution < 1.29 is 4.79 Å². The molecule has 0 spiro atoms. The minimum Gasteiger partial charge on any atom is -0.351 e. The van der Waals surface area contributed by atoms with E-state index in [1.165, 1.54) is 17.5 Å². The Bertz CT molecular complexity index is 660. The van der Waals surface area contributed by atoms with Crippen molar-refractivity contribution in [1.29, 1.82) is 0 Å². The molecule has 2 aromatic rings. The van der Waals surface area contributed by atoms with Gasteiger partial charge in [-0.05, 0) is 36.3 Å². The number of hydrogen-bond acceptors (Lipinski definition) is 2. The van der Waals surface area contributed by atoms with Crippen molar-refractivity contribution in [2.75, 3.05) is 6.54 Å². The molecule has 2 N–H and O–H groups in total. The molecule has 4 heteroatoms. The zero-order chi connectivity index (χ0) is 15.5. The van der Waals surface area contributed by atoms with Crippen LogP contribution in [-0.4, -0.2) is 22.6 Å². The maximum absolute atomic E-state index is 12.4. The van der Waals surface area contributed by atoms with Crippen molar-refractivity contribution in [3.05, 3.63) is 52.8 Å². The number of nitrogens with one attached hydrogen (secondary N) is 2. The molecule has 0 radical (unpaired) electrons. The monoisotopic (exact) mass is 297 g/mol. The molecule has 3 rings (SSSR count). The Morgan fingerprint density at radius 1 is 1.41 bits per heavy atom. The summed E-state index contributed by atoms with van der Waals surface area (Å²) in [7, 11) is 0. The number of carbonyl (C=O) groups excluding carboxylic acids is 1. The van der Waals surface area contributed by atoms with Crippen LogP contribution in [-0.2, 0) is 6.42 Å². The maximum atomic E-state index is 12.4. The van der Waals surface area contributed by atoms with Crippen molar-refractivity contribution in [3.8, 4) is 0 Å². The van der Waals surface area contributed by atoms with Gasteiger partial charge in [-0.2, -0.15) is 5.10 Å². The minimum absolute atomic E-state index is 0.0273. The summed E-state index contributed by atoms with van der Waals surface area (Å²) in [5.74, 6) is 0.655. The molecule has 0 aliphatic heterocycles. The Hall–Kier alpha value is -2.10. The van der Waals surface area contributed by atoms with E-state index in [0.717, 1.165) is 18.5 Å². The van der Waals surface area contributed by atoms with Gasteiger partial charge in [-0.3, -0.25) is 9.89 Å². The van der Waals surface area contributed by atoms with Gasteiger partial charge in [0.15, 0.2) is 0 Å². The molecular formula is C18H23N3O. The number of aromatic amines is 1. The van der Waals surface area contributed by atoms with Gasteiger partial charge in [0.25, 0.3) is 5.91 Å². The number of rotatable bonds is 4. The summed E-state index contributed by atoms with van der Waals surface area (Å²) in [5, 5.41) is 10.0. The van der Waals surface area contributed by atoms with Crippen molar-refractivity contribution in [1.82, 2.24) is 15.5 Å². The smallest absolute Gasteiger partial charge is 0.254 e. The minimum atomic E-state index is -0.0273. The van der Waals surface area contributed by atoms with E-state index < -0.39 is 0 Å². The number of fused-ring (bicyclic) bond motifs is 1. The van der Waals surface area contributed by atoms with Crippen LogP contribution in [0.1, 0.15) is 65.7 Å². The molecule has 22 heavy (non-hydrogen) atoms. The second-order valence-corrected chi connectivity index (χ2v) is 6.35. The molecule has 1 aliphatic rings. The second kappa shape index (κ2) is 6.34. The summed E-state index contributed by atoms with van der Waals surface area (Å²) >= 11 is 0. The summed E-state index contributed by atoms with van der Waals surface area (Å²) in [4.78, 5) is 12.4. The fraction of sp³-hybridized carbons (Fsp3) is 0.444. The van der Waals surface area contributed by atoms with Crippen molar-refractivity contribution in [2.24, 2.45) is 0 Å². The third-order valence-electron chi connectivity index (χ3n) is 4.49. The molecule has 0 bridgehead atoms. The van der Waals surface area contributed by atoms with Crippen LogP contribution in [0.4, 0.5) is 0 Å². The van der Waals surface area contributed by atoms with E-state index in [9.17, 15) is 4.79 Å². The first kappa shape index (κ1) is 14.8. The van der Waals surface area contributed by atoms with Gasteiger partial charge >= 0.3 is 0 Å². The Labute approximate surface area is 131 Å². The lowest BCUT2D eigenvalue weighted by atomic mass is 9.83. The second-order valence-electron chi connectivity index (χ2n) is 6.35. The average molecular weight is 297 g/mol. The molecule has 1 amide bonds. The highest BCUT2D eigenvalue weighted by Gasteiger charge is 2.22. The number of hydrogen-bond donors (Lipinski definition) is 2. The highest BCUT2D eigenvalue weighted by molar-refractivity contribution is 5.95. The highest BCUT2D eigenvalue weighted by atomic mass is 16.1. The normalized spacial score (nSPS) is 17.3. The third kappa shape index (κ3) is 2.91. The molecule has 4 nitrogen and oxygen atoms in total. The summed E-state index contributed by atoms with van der Waals surface area (Å²) in [5.41, 5.74) is 4.39. The number of aryl methyl sites for hydroxylation is 1. The highest BCUT2D eigenvalue weighted by Crippen LogP contribution is 2.30. The molecule has 116 valence electrons. The third-order valence-corrected chi connectivity index (χ3v) is 4.49. The Morgan fingerprint density at radius 3 is 3.05 bits per heavy atom. The molecule has 1 unspecified atom stereocenters. The lowest BCUT2D eigenvalue weighted by Gasteiger charge is -2.25. The SMILES string of the molecule is CC(C)c1[nH]ncc1C(=O)NCC1CCCc2ccccc21. The summed E-state index contributed by atoms with van der Waals surface area (Å²) in [6, 6.07) is 8.59. The first-order valence-electron chi connectivity index (χ1n) is 8.06. The number of benzene rings is 1. The van der Waals surface area contributed by atoms with E-state index in [2.05, 4.69) is 53.6 Å². The van der Waals surface area contributed by atoms with Crippen molar-refractivity contribution >= 4 is 5.91 Å². The van der Waals surface area contributed by atoms with Crippen LogP contribution in [0.5, 0.6) is 0 Å². The molecule has 0 saturated heterocycles. The molecule has 1 atom stereocenters. The van der Waals surface area contributed by atoms with Crippen LogP contribution >= 0.6 is 0 Å². The first-order valence-corrected chi connectivity index (χ1v) is 8.06. The molecule has 0 saturated carbocycles. The van der Waals surface area contributed by atoms with Crippen LogP contribution < -0.4 is 5.32 Å². The van der Waals surface area contributed by atoms with E-state index in [1.54, 1.807) is 6.20 Å². The topological polar surface area (TPSA) is 57.8 Å². The maximum Gasteiger partial charge on any atom is 0.254 e. The average Bonchev–Trinajstić information content (AvgIpc) is 3.02. The van der Waals surface area contributed by atoms with Crippen molar-refractivity contribution in [3.63, 3.8) is 0 Å². The largest absolute Gasteiger partial charge is 0.351 e. The van der Waals surface area contributed by atoms with Crippen LogP contribution in [0.2, 0.25) is 0 Å². The Balaban J connectivity index is 1.68. The predicted octanol–water partition coefficient (Wildman–Crippen LogP) is 3.38. The lowest BCUT2D eigenvalue weighted by Crippen LogP contribution is -2.30. The Morgan fingerprint density at radius 2 is 2.23 bits per heavy atom. The van der Waals surface area contributed by atoms with Crippen molar-refractivity contribution in [2.45, 2.75) is 44.9 Å². The first-order chi connectivity index (χ1) is 10.7. The number of carbonyl (C=O) groups is 1. The van der Waals surface area contributed by atoms with Gasteiger partial charge in [0.2, 0.25) is 0 Å². The van der Waals surface area contributed by atoms with Crippen LogP contribution in [0, 0.1) is 0 Å². The van der Waals surface area contributed by atoms with E-state index in [0.29, 0.717) is 18.0 Å². The van der Waals surface area contributed by atoms with Gasteiger partial charge < -0.3 is 5.32 Å². The summed E-state index contributed by atoms with van der Waals surface area (Å²) in [6.45, 7) is 4.81. The van der Waals surface area contributed by atoms with Crippen LogP contribution in [0.3, 0.4) is 0 Å². The van der Waals surface area contributed by atoms with Gasteiger partial charge in [0, 0.05) is 12.5 Å². The molecule has 0 fully saturated rings. The standard InChI is InChI=1S/C18H23N3O/c1-12(2)17-16(11-20-21-17)18(22)19-10-14-8-5-7-13-6-3-4-9-15(13)14/h3-4,6,9,11-12,14H,5,7-8,10H2,1-2H3,(H,19,22)(H,20,21). The number of H-pyrrole nitrogens is 1. The van der Waals surface area contributed by atoms with Gasteiger partial charge in [-0.1, -0.05) is 38.1 Å². The molecule has 1 aromatic carbocycles. The fourth-order valence-electron chi connectivity index (χ4n) is 3.29. The molecule has 1 heterocycles. The van der Waals surface area contributed by atoms with Crippen LogP contribution in [0.15, 0.2) is 30.5 Å². The molecule has 1 aliphatic carbocycles. The molecule has 1 aromatic heterocycles. The Kier molecular flexibility index (Phi) is 4.27. The number of aromatic nitrogens is 2. The van der Waals surface area contributed by atoms with E-state index in [1.807, 2.05) is 0 Å². The van der Waals surface area contributed by atoms with E-state index in [-0.39, 0.29) is 11.8 Å². The van der Waals surface area contributed by atoms with Gasteiger partial charge in [-0.25, -0.2) is 0 Å². The van der Waals surface area contributed by atoms with Gasteiger partial charge in [0.1, 0.15) is 0 Å². The van der Waals surface area contributed by atoms with Gasteiger partial charge in [0.05, 0.1) is 17.5 Å². The zero-order valence-corrected chi connectivity index (χ0v) is 13.2. The fourth-order valence-corrected chi connectivity index (χ4v) is 3.29.